The van der Waals surface area contributed by atoms with Crippen LogP contribution in [0, 0.1) is 12.7 Å². The minimum absolute atomic E-state index is 0.0823. The van der Waals surface area contributed by atoms with Crippen LogP contribution in [0.4, 0.5) is 16.0 Å². The molecule has 2 heterocycles. The van der Waals surface area contributed by atoms with Gasteiger partial charge in [0, 0.05) is 43.6 Å². The number of nitrogens with one attached hydrogen (secondary N) is 1. The van der Waals surface area contributed by atoms with Crippen LogP contribution >= 0.6 is 0 Å². The van der Waals surface area contributed by atoms with Crippen molar-refractivity contribution < 1.29 is 9.18 Å². The predicted molar refractivity (Wildman–Crippen MR) is 100 cm³/mol. The highest BCUT2D eigenvalue weighted by molar-refractivity contribution is 5.92. The summed E-state index contributed by atoms with van der Waals surface area (Å²) in [6.07, 6.45) is 0. The Morgan fingerprint density at radius 1 is 1.12 bits per heavy atom. The maximum absolute atomic E-state index is 13.1. The number of carbonyl (C=O) groups excluding carboxylic acids is 1. The van der Waals surface area contributed by atoms with Crippen molar-refractivity contribution in [2.75, 3.05) is 36.4 Å². The molecule has 138 valence electrons. The summed E-state index contributed by atoms with van der Waals surface area (Å²) in [6.45, 7) is 8.48. The zero-order valence-electron chi connectivity index (χ0n) is 15.4. The average Bonchev–Trinajstić information content (AvgIpc) is 2.61. The molecule has 26 heavy (non-hydrogen) atoms. The molecule has 7 heteroatoms. The van der Waals surface area contributed by atoms with Crippen LogP contribution in [-0.2, 0) is 0 Å². The molecule has 0 atom stereocenters. The molecule has 3 rings (SSSR count). The van der Waals surface area contributed by atoms with Crippen molar-refractivity contribution in [3.63, 3.8) is 0 Å². The Labute approximate surface area is 153 Å². The molecule has 0 radical (unpaired) electrons. The molecule has 1 fully saturated rings. The van der Waals surface area contributed by atoms with Gasteiger partial charge in [-0.1, -0.05) is 0 Å². The topological polar surface area (TPSA) is 61.4 Å². The van der Waals surface area contributed by atoms with Crippen molar-refractivity contribution in [1.29, 1.82) is 0 Å². The highest BCUT2D eigenvalue weighted by Crippen LogP contribution is 2.18. The van der Waals surface area contributed by atoms with Gasteiger partial charge in [-0.2, -0.15) is 0 Å². The van der Waals surface area contributed by atoms with Gasteiger partial charge in [-0.25, -0.2) is 14.4 Å². The maximum atomic E-state index is 13.1. The third-order valence-corrected chi connectivity index (χ3v) is 4.25. The second kappa shape index (κ2) is 7.68. The van der Waals surface area contributed by atoms with Crippen molar-refractivity contribution >= 4 is 17.5 Å². The molecule has 1 aromatic carbocycles. The fourth-order valence-electron chi connectivity index (χ4n) is 2.98. The van der Waals surface area contributed by atoms with E-state index >= 15 is 0 Å². The van der Waals surface area contributed by atoms with E-state index in [9.17, 15) is 9.18 Å². The summed E-state index contributed by atoms with van der Waals surface area (Å²) in [5.41, 5.74) is 2.15. The Morgan fingerprint density at radius 3 is 2.38 bits per heavy atom. The van der Waals surface area contributed by atoms with Crippen molar-refractivity contribution in [3.8, 4) is 0 Å². The molecule has 1 saturated heterocycles. The lowest BCUT2D eigenvalue weighted by Gasteiger charge is -2.36. The van der Waals surface area contributed by atoms with Gasteiger partial charge in [0.25, 0.3) is 5.91 Å². The molecule has 6 nitrogen and oxygen atoms in total. The first kappa shape index (κ1) is 18.1. The molecule has 1 aromatic heterocycles. The fraction of sp³-hybridized carbons (Fsp3) is 0.421. The first-order chi connectivity index (χ1) is 12.4. The molecule has 1 aliphatic rings. The minimum Gasteiger partial charge on any atom is -0.368 e. The molecule has 1 aliphatic heterocycles. The van der Waals surface area contributed by atoms with Crippen molar-refractivity contribution in [1.82, 2.24) is 14.9 Å². The summed E-state index contributed by atoms with van der Waals surface area (Å²) >= 11 is 0. The number of piperazine rings is 1. The maximum Gasteiger partial charge on any atom is 0.272 e. The van der Waals surface area contributed by atoms with Gasteiger partial charge >= 0.3 is 0 Å². The van der Waals surface area contributed by atoms with Crippen LogP contribution in [0.5, 0.6) is 0 Å². The average molecular weight is 357 g/mol. The number of hydrogen-bond acceptors (Lipinski definition) is 5. The smallest absolute Gasteiger partial charge is 0.272 e. The minimum atomic E-state index is -0.243. The first-order valence-corrected chi connectivity index (χ1v) is 8.84. The van der Waals surface area contributed by atoms with Gasteiger partial charge in [0.05, 0.1) is 0 Å². The van der Waals surface area contributed by atoms with E-state index in [0.717, 1.165) is 11.4 Å². The normalized spacial score (nSPS) is 14.7. The fourth-order valence-corrected chi connectivity index (χ4v) is 2.98. The zero-order valence-corrected chi connectivity index (χ0v) is 15.4. The van der Waals surface area contributed by atoms with E-state index in [1.807, 2.05) is 20.8 Å². The van der Waals surface area contributed by atoms with Crippen LogP contribution in [0.1, 0.15) is 30.0 Å². The summed E-state index contributed by atoms with van der Waals surface area (Å²) in [5.74, 6) is 0.155. The highest BCUT2D eigenvalue weighted by Gasteiger charge is 2.24. The van der Waals surface area contributed by atoms with E-state index in [-0.39, 0.29) is 17.8 Å². The van der Waals surface area contributed by atoms with Crippen LogP contribution in [0.15, 0.2) is 30.3 Å². The number of halogens is 1. The number of anilines is 2. The number of carbonyl (C=O) groups is 1. The molecule has 1 amide bonds. The Balaban J connectivity index is 1.66. The van der Waals surface area contributed by atoms with Gasteiger partial charge in [-0.05, 0) is 51.1 Å². The van der Waals surface area contributed by atoms with Gasteiger partial charge in [0.15, 0.2) is 0 Å². The number of hydrogen-bond donors (Lipinski definition) is 1. The second-order valence-corrected chi connectivity index (χ2v) is 6.77. The molecule has 0 unspecified atom stereocenters. The van der Waals surface area contributed by atoms with Gasteiger partial charge in [-0.15, -0.1) is 0 Å². The number of amides is 1. The summed E-state index contributed by atoms with van der Waals surface area (Å²) in [5, 5.41) is 3.15. The number of aryl methyl sites for hydroxylation is 1. The lowest BCUT2D eigenvalue weighted by molar-refractivity contribution is 0.0740. The summed E-state index contributed by atoms with van der Waals surface area (Å²) < 4.78 is 13.1. The van der Waals surface area contributed by atoms with Crippen LogP contribution in [0.3, 0.4) is 0 Å². The highest BCUT2D eigenvalue weighted by atomic mass is 19.1. The van der Waals surface area contributed by atoms with Crippen LogP contribution in [0.2, 0.25) is 0 Å². The number of nitrogens with zero attached hydrogens (tertiary/aromatic N) is 4. The van der Waals surface area contributed by atoms with E-state index in [2.05, 4.69) is 20.2 Å². The monoisotopic (exact) mass is 357 g/mol. The van der Waals surface area contributed by atoms with E-state index in [4.69, 9.17) is 0 Å². The first-order valence-electron chi connectivity index (χ1n) is 8.84. The zero-order chi connectivity index (χ0) is 18.7. The van der Waals surface area contributed by atoms with Crippen molar-refractivity contribution in [2.24, 2.45) is 0 Å². The molecular weight excluding hydrogens is 333 g/mol. The number of rotatable bonds is 4. The summed E-state index contributed by atoms with van der Waals surface area (Å²) in [4.78, 5) is 25.5. The number of aromatic nitrogens is 2. The summed E-state index contributed by atoms with van der Waals surface area (Å²) in [7, 11) is 0. The van der Waals surface area contributed by atoms with E-state index in [1.54, 1.807) is 23.1 Å². The third-order valence-electron chi connectivity index (χ3n) is 4.25. The van der Waals surface area contributed by atoms with Gasteiger partial charge in [0.2, 0.25) is 5.95 Å². The summed E-state index contributed by atoms with van der Waals surface area (Å²) in [6, 6.07) is 8.37. The van der Waals surface area contributed by atoms with Gasteiger partial charge in [-0.3, -0.25) is 4.79 Å². The predicted octanol–water partition coefficient (Wildman–Crippen LogP) is 2.71. The quantitative estimate of drug-likeness (QED) is 0.912. The molecule has 0 aliphatic carbocycles. The van der Waals surface area contributed by atoms with E-state index in [1.165, 1.54) is 12.1 Å². The molecule has 2 aromatic rings. The Morgan fingerprint density at radius 2 is 1.77 bits per heavy atom. The van der Waals surface area contributed by atoms with Gasteiger partial charge < -0.3 is 15.1 Å². The van der Waals surface area contributed by atoms with Crippen LogP contribution in [-0.4, -0.2) is 53.0 Å². The second-order valence-electron chi connectivity index (χ2n) is 6.77. The largest absolute Gasteiger partial charge is 0.368 e. The number of benzene rings is 1. The molecule has 0 saturated carbocycles. The van der Waals surface area contributed by atoms with Crippen molar-refractivity contribution in [2.45, 2.75) is 26.8 Å². The van der Waals surface area contributed by atoms with Crippen LogP contribution < -0.4 is 10.2 Å². The molecule has 1 N–H and O–H groups in total. The van der Waals surface area contributed by atoms with Crippen LogP contribution in [0.25, 0.3) is 0 Å². The van der Waals surface area contributed by atoms with E-state index in [0.29, 0.717) is 37.8 Å². The lowest BCUT2D eigenvalue weighted by atomic mass is 10.2. The molecular formula is C19H24FN5O. The third kappa shape index (κ3) is 4.28. The Kier molecular flexibility index (Phi) is 5.35. The Hall–Kier alpha value is -2.70. The van der Waals surface area contributed by atoms with E-state index < -0.39 is 0 Å². The molecule has 0 bridgehead atoms. The standard InChI is InChI=1S/C19H24FN5O/c1-13(2)21-19-22-14(3)12-17(23-19)18(26)25-10-8-24(9-11-25)16-6-4-15(20)5-7-16/h4-7,12-13H,8-11H2,1-3H3,(H,21,22,23). The van der Waals surface area contributed by atoms with Crippen molar-refractivity contribution in [3.05, 3.63) is 47.5 Å². The Bertz CT molecular complexity index is 770. The molecule has 0 spiro atoms. The van der Waals surface area contributed by atoms with Gasteiger partial charge in [0.1, 0.15) is 11.5 Å². The lowest BCUT2D eigenvalue weighted by Crippen LogP contribution is -2.49. The SMILES string of the molecule is Cc1cc(C(=O)N2CCN(c3ccc(F)cc3)CC2)nc(NC(C)C)n1.